The van der Waals surface area contributed by atoms with E-state index in [0.29, 0.717) is 12.1 Å². The number of anilines is 1. The lowest BCUT2D eigenvalue weighted by atomic mass is 10.1. The minimum atomic E-state index is -4.44. The molecule has 1 aromatic heterocycles. The van der Waals surface area contributed by atoms with Crippen molar-refractivity contribution in [3.63, 3.8) is 0 Å². The van der Waals surface area contributed by atoms with Crippen LogP contribution >= 0.6 is 0 Å². The molecule has 3 rings (SSSR count). The molecule has 2 heterocycles. The molecule has 0 unspecified atom stereocenters. The number of carbonyl (C=O) groups is 2. The average Bonchev–Trinajstić information content (AvgIpc) is 3.06. The molecular formula is C21H23F3N4O2. The number of benzene rings is 1. The van der Waals surface area contributed by atoms with Crippen LogP contribution in [0.2, 0.25) is 0 Å². The van der Waals surface area contributed by atoms with Crippen LogP contribution < -0.4 is 10.2 Å². The third kappa shape index (κ3) is 5.28. The monoisotopic (exact) mass is 420 g/mol. The summed E-state index contributed by atoms with van der Waals surface area (Å²) in [6.45, 7) is 0.532. The lowest BCUT2D eigenvalue weighted by Crippen LogP contribution is -2.32. The first-order valence-corrected chi connectivity index (χ1v) is 9.47. The number of hydrogen-bond acceptors (Lipinski definition) is 4. The maximum atomic E-state index is 12.9. The topological polar surface area (TPSA) is 65.5 Å². The number of amides is 2. The number of alkyl halides is 3. The molecule has 1 fully saturated rings. The molecule has 2 aromatic rings. The van der Waals surface area contributed by atoms with Gasteiger partial charge in [0.2, 0.25) is 11.8 Å². The molecule has 0 saturated carbocycles. The van der Waals surface area contributed by atoms with Crippen LogP contribution in [0.4, 0.5) is 19.0 Å². The first-order valence-electron chi connectivity index (χ1n) is 9.47. The van der Waals surface area contributed by atoms with Crippen LogP contribution in [-0.2, 0) is 28.9 Å². The zero-order valence-corrected chi connectivity index (χ0v) is 16.7. The lowest BCUT2D eigenvalue weighted by Gasteiger charge is -2.18. The zero-order valence-electron chi connectivity index (χ0n) is 16.7. The van der Waals surface area contributed by atoms with Gasteiger partial charge in [-0.15, -0.1) is 0 Å². The van der Waals surface area contributed by atoms with Gasteiger partial charge in [-0.25, -0.2) is 4.98 Å². The molecule has 160 valence electrons. The molecular weight excluding hydrogens is 397 g/mol. The Hall–Kier alpha value is -3.10. The number of pyridine rings is 1. The normalized spacial score (nSPS) is 16.6. The van der Waals surface area contributed by atoms with Gasteiger partial charge in [0, 0.05) is 46.3 Å². The number of rotatable bonds is 6. The lowest BCUT2D eigenvalue weighted by molar-refractivity contribution is -0.137. The fourth-order valence-corrected chi connectivity index (χ4v) is 3.32. The second kappa shape index (κ2) is 8.73. The predicted molar refractivity (Wildman–Crippen MR) is 105 cm³/mol. The predicted octanol–water partition coefficient (Wildman–Crippen LogP) is 2.83. The van der Waals surface area contributed by atoms with Crippen molar-refractivity contribution in [2.75, 3.05) is 25.5 Å². The molecule has 0 bridgehead atoms. The Morgan fingerprint density at radius 1 is 1.23 bits per heavy atom. The number of hydrogen-bond donors (Lipinski definition) is 1. The van der Waals surface area contributed by atoms with Crippen molar-refractivity contribution in [1.82, 2.24) is 15.2 Å². The van der Waals surface area contributed by atoms with Gasteiger partial charge in [0.15, 0.2) is 0 Å². The Morgan fingerprint density at radius 2 is 2.00 bits per heavy atom. The third-order valence-corrected chi connectivity index (χ3v) is 4.95. The highest BCUT2D eigenvalue weighted by Gasteiger charge is 2.35. The Balaban J connectivity index is 1.57. The van der Waals surface area contributed by atoms with Crippen molar-refractivity contribution in [2.45, 2.75) is 25.7 Å². The fourth-order valence-electron chi connectivity index (χ4n) is 3.32. The molecule has 0 spiro atoms. The molecule has 0 radical (unpaired) electrons. The van der Waals surface area contributed by atoms with Crippen LogP contribution in [0, 0.1) is 5.92 Å². The molecule has 30 heavy (non-hydrogen) atoms. The van der Waals surface area contributed by atoms with Gasteiger partial charge in [-0.2, -0.15) is 13.2 Å². The largest absolute Gasteiger partial charge is 0.416 e. The molecule has 0 aliphatic carbocycles. The van der Waals surface area contributed by atoms with Crippen LogP contribution in [0.25, 0.3) is 0 Å². The Morgan fingerprint density at radius 3 is 2.70 bits per heavy atom. The van der Waals surface area contributed by atoms with Crippen LogP contribution in [0.15, 0.2) is 42.6 Å². The summed E-state index contributed by atoms with van der Waals surface area (Å²) in [5.74, 6) is -0.256. The summed E-state index contributed by atoms with van der Waals surface area (Å²) in [7, 11) is 3.74. The van der Waals surface area contributed by atoms with E-state index in [1.54, 1.807) is 18.3 Å². The minimum absolute atomic E-state index is 0.0447. The van der Waals surface area contributed by atoms with Crippen molar-refractivity contribution >= 4 is 17.6 Å². The van der Waals surface area contributed by atoms with Gasteiger partial charge in [-0.1, -0.05) is 12.1 Å². The molecule has 1 aromatic carbocycles. The maximum Gasteiger partial charge on any atom is 0.416 e. The van der Waals surface area contributed by atoms with Crippen molar-refractivity contribution in [1.29, 1.82) is 0 Å². The molecule has 1 aliphatic rings. The summed E-state index contributed by atoms with van der Waals surface area (Å²) in [4.78, 5) is 32.3. The summed E-state index contributed by atoms with van der Waals surface area (Å²) in [6.07, 6.45) is -2.73. The van der Waals surface area contributed by atoms with E-state index < -0.39 is 17.7 Å². The summed E-state index contributed by atoms with van der Waals surface area (Å²) < 4.78 is 38.6. The molecule has 1 N–H and O–H groups in total. The van der Waals surface area contributed by atoms with Gasteiger partial charge in [-0.3, -0.25) is 9.59 Å². The highest BCUT2D eigenvalue weighted by atomic mass is 19.4. The number of halogens is 3. The second-order valence-corrected chi connectivity index (χ2v) is 7.51. The van der Waals surface area contributed by atoms with Crippen molar-refractivity contribution in [3.8, 4) is 0 Å². The van der Waals surface area contributed by atoms with E-state index in [9.17, 15) is 22.8 Å². The van der Waals surface area contributed by atoms with Gasteiger partial charge in [0.1, 0.15) is 5.82 Å². The SMILES string of the molecule is CN(C)c1cc(CNC(=O)[C@@H]2CC(=O)N(Cc3cccc(C(F)(F)F)c3)C2)ccn1. The summed E-state index contributed by atoms with van der Waals surface area (Å²) in [6, 6.07) is 8.55. The second-order valence-electron chi connectivity index (χ2n) is 7.51. The number of aromatic nitrogens is 1. The number of nitrogens with one attached hydrogen (secondary N) is 1. The van der Waals surface area contributed by atoms with E-state index in [4.69, 9.17) is 0 Å². The fraction of sp³-hybridized carbons (Fsp3) is 0.381. The standard InChI is InChI=1S/C21H23F3N4O2/c1-27(2)18-9-14(6-7-25-18)11-26-20(30)16-10-19(29)28(13-16)12-15-4-3-5-17(8-15)21(22,23)24/h3-9,16H,10-13H2,1-2H3,(H,26,30)/t16-/m1/s1. The molecule has 9 heteroatoms. The molecule has 1 saturated heterocycles. The van der Waals surface area contributed by atoms with E-state index in [1.807, 2.05) is 25.1 Å². The first-order chi connectivity index (χ1) is 14.1. The first kappa shape index (κ1) is 21.6. The van der Waals surface area contributed by atoms with Gasteiger partial charge < -0.3 is 15.1 Å². The van der Waals surface area contributed by atoms with Crippen molar-refractivity contribution < 1.29 is 22.8 Å². The third-order valence-electron chi connectivity index (χ3n) is 4.95. The van der Waals surface area contributed by atoms with Crippen LogP contribution in [0.3, 0.4) is 0 Å². The molecule has 1 aliphatic heterocycles. The quantitative estimate of drug-likeness (QED) is 0.781. The summed E-state index contributed by atoms with van der Waals surface area (Å²) in [5.41, 5.74) is 0.509. The molecule has 1 atom stereocenters. The number of carbonyl (C=O) groups excluding carboxylic acids is 2. The van der Waals surface area contributed by atoms with E-state index in [-0.39, 0.29) is 31.3 Å². The number of nitrogens with zero attached hydrogens (tertiary/aromatic N) is 3. The zero-order chi connectivity index (χ0) is 21.9. The minimum Gasteiger partial charge on any atom is -0.363 e. The Kier molecular flexibility index (Phi) is 6.28. The van der Waals surface area contributed by atoms with E-state index >= 15 is 0 Å². The van der Waals surface area contributed by atoms with Crippen LogP contribution in [-0.4, -0.2) is 42.3 Å². The Labute approximate surface area is 172 Å². The van der Waals surface area contributed by atoms with E-state index in [0.717, 1.165) is 23.5 Å². The Bertz CT molecular complexity index is 930. The summed E-state index contributed by atoms with van der Waals surface area (Å²) in [5, 5.41) is 2.83. The maximum absolute atomic E-state index is 12.9. The molecule has 6 nitrogen and oxygen atoms in total. The highest BCUT2D eigenvalue weighted by Crippen LogP contribution is 2.30. The van der Waals surface area contributed by atoms with Crippen LogP contribution in [0.1, 0.15) is 23.1 Å². The highest BCUT2D eigenvalue weighted by molar-refractivity contribution is 5.89. The van der Waals surface area contributed by atoms with Gasteiger partial charge in [0.05, 0.1) is 11.5 Å². The summed E-state index contributed by atoms with van der Waals surface area (Å²) >= 11 is 0. The average molecular weight is 420 g/mol. The van der Waals surface area contributed by atoms with E-state index in [2.05, 4.69) is 10.3 Å². The molecule has 2 amide bonds. The van der Waals surface area contributed by atoms with Gasteiger partial charge in [0.25, 0.3) is 0 Å². The smallest absolute Gasteiger partial charge is 0.363 e. The van der Waals surface area contributed by atoms with Gasteiger partial charge in [-0.05, 0) is 35.4 Å². The van der Waals surface area contributed by atoms with Crippen molar-refractivity contribution in [2.24, 2.45) is 5.92 Å². The van der Waals surface area contributed by atoms with Crippen LogP contribution in [0.5, 0.6) is 0 Å². The number of likely N-dealkylation sites (tertiary alicyclic amines) is 1. The van der Waals surface area contributed by atoms with Crippen molar-refractivity contribution in [3.05, 3.63) is 59.3 Å². The van der Waals surface area contributed by atoms with E-state index in [1.165, 1.54) is 11.0 Å². The van der Waals surface area contributed by atoms with Gasteiger partial charge >= 0.3 is 6.18 Å².